The second-order valence-corrected chi connectivity index (χ2v) is 9.71. The highest BCUT2D eigenvalue weighted by Gasteiger charge is 2.19. The summed E-state index contributed by atoms with van der Waals surface area (Å²) in [4.78, 5) is 25.0. The maximum atomic E-state index is 14.8. The lowest BCUT2D eigenvalue weighted by molar-refractivity contribution is 0.0601. The van der Waals surface area contributed by atoms with Gasteiger partial charge in [0.25, 0.3) is 0 Å². The average Bonchev–Trinajstić information content (AvgIpc) is 3.00. The summed E-state index contributed by atoms with van der Waals surface area (Å²) in [6, 6.07) is 13.9. The van der Waals surface area contributed by atoms with Gasteiger partial charge < -0.3 is 35.9 Å². The first-order valence-electron chi connectivity index (χ1n) is 14.2. The number of methoxy groups -OCH3 is 2. The van der Waals surface area contributed by atoms with Gasteiger partial charge in [-0.3, -0.25) is 5.32 Å². The number of halogens is 1. The van der Waals surface area contributed by atoms with Crippen LogP contribution in [0, 0.1) is 5.82 Å². The molecule has 3 rings (SSSR count). The number of hydrogen-bond donors (Lipinski definition) is 5. The summed E-state index contributed by atoms with van der Waals surface area (Å²) >= 11 is 0. The van der Waals surface area contributed by atoms with E-state index in [1.165, 1.54) is 13.2 Å². The van der Waals surface area contributed by atoms with Gasteiger partial charge in [0.05, 0.1) is 31.2 Å². The van der Waals surface area contributed by atoms with E-state index in [4.69, 9.17) is 19.9 Å². The summed E-state index contributed by atoms with van der Waals surface area (Å²) in [5, 5.41) is 14.3. The van der Waals surface area contributed by atoms with Gasteiger partial charge in [0.15, 0.2) is 0 Å². The van der Waals surface area contributed by atoms with Crippen LogP contribution in [0.2, 0.25) is 0 Å². The Morgan fingerprint density at radius 1 is 0.833 bits per heavy atom. The first-order valence-corrected chi connectivity index (χ1v) is 14.2. The van der Waals surface area contributed by atoms with Crippen LogP contribution >= 0.6 is 0 Å². The van der Waals surface area contributed by atoms with Gasteiger partial charge in [-0.15, -0.1) is 0 Å². The molecule has 0 bridgehead atoms. The van der Waals surface area contributed by atoms with Crippen LogP contribution in [0.5, 0.6) is 5.75 Å². The number of nitrogens with two attached hydrogens (primary N) is 1. The van der Waals surface area contributed by atoms with E-state index in [0.717, 1.165) is 68.7 Å². The van der Waals surface area contributed by atoms with Crippen LogP contribution in [0.4, 0.5) is 20.6 Å². The summed E-state index contributed by atoms with van der Waals surface area (Å²) in [6.45, 7) is 4.73. The number of carbonyl (C=O) groups excluding carboxylic acids is 2. The van der Waals surface area contributed by atoms with Crippen molar-refractivity contribution in [2.24, 2.45) is 5.73 Å². The first-order chi connectivity index (χ1) is 20.5. The van der Waals surface area contributed by atoms with E-state index in [-0.39, 0.29) is 23.5 Å². The topological polar surface area (TPSA) is 136 Å². The van der Waals surface area contributed by atoms with E-state index < -0.39 is 17.9 Å². The van der Waals surface area contributed by atoms with Crippen LogP contribution in [0.25, 0.3) is 10.8 Å². The van der Waals surface area contributed by atoms with E-state index in [2.05, 4.69) is 21.3 Å². The van der Waals surface area contributed by atoms with Crippen molar-refractivity contribution in [2.75, 3.05) is 64.1 Å². The molecule has 0 spiro atoms. The number of amides is 1. The largest absolute Gasteiger partial charge is 0.496 e. The fourth-order valence-electron chi connectivity index (χ4n) is 4.36. The SMILES string of the molecule is COC(=O)c1cc(F)c(NCCCNCCCCNCCCN)cc1NC(=O)OCc1cc2ccccc2cc1OC. The van der Waals surface area contributed by atoms with E-state index in [1.54, 1.807) is 7.11 Å². The Morgan fingerprint density at radius 2 is 1.50 bits per heavy atom. The summed E-state index contributed by atoms with van der Waals surface area (Å²) < 4.78 is 30.5. The molecule has 228 valence electrons. The van der Waals surface area contributed by atoms with E-state index in [0.29, 0.717) is 24.4 Å². The van der Waals surface area contributed by atoms with Gasteiger partial charge in [0.2, 0.25) is 0 Å². The number of nitrogens with one attached hydrogen (secondary N) is 4. The van der Waals surface area contributed by atoms with Crippen LogP contribution in [0.1, 0.15) is 41.6 Å². The van der Waals surface area contributed by atoms with Crippen LogP contribution in [0.15, 0.2) is 48.5 Å². The molecule has 0 atom stereocenters. The molecular formula is C31H42FN5O5. The van der Waals surface area contributed by atoms with Crippen molar-refractivity contribution in [3.05, 3.63) is 65.5 Å². The molecule has 42 heavy (non-hydrogen) atoms. The fourth-order valence-corrected chi connectivity index (χ4v) is 4.36. The van der Waals surface area contributed by atoms with Crippen molar-refractivity contribution in [3.63, 3.8) is 0 Å². The summed E-state index contributed by atoms with van der Waals surface area (Å²) in [5.41, 5.74) is 6.25. The molecule has 0 aromatic heterocycles. The average molecular weight is 584 g/mol. The Morgan fingerprint density at radius 3 is 2.17 bits per heavy atom. The number of anilines is 2. The Kier molecular flexibility index (Phi) is 13.8. The predicted octanol–water partition coefficient (Wildman–Crippen LogP) is 4.63. The molecule has 0 aliphatic rings. The molecule has 0 saturated carbocycles. The zero-order chi connectivity index (χ0) is 30.2. The first kappa shape index (κ1) is 32.6. The van der Waals surface area contributed by atoms with Crippen molar-refractivity contribution in [1.82, 2.24) is 10.6 Å². The Labute approximate surface area is 246 Å². The van der Waals surface area contributed by atoms with Crippen molar-refractivity contribution in [1.29, 1.82) is 0 Å². The molecule has 6 N–H and O–H groups in total. The Bertz CT molecular complexity index is 1310. The highest BCUT2D eigenvalue weighted by Crippen LogP contribution is 2.28. The highest BCUT2D eigenvalue weighted by atomic mass is 19.1. The molecule has 0 fully saturated rings. The molecule has 10 nitrogen and oxygen atoms in total. The fraction of sp³-hybridized carbons (Fsp3) is 0.419. The monoisotopic (exact) mass is 583 g/mol. The molecule has 3 aromatic rings. The lowest BCUT2D eigenvalue weighted by atomic mass is 10.1. The number of rotatable bonds is 18. The van der Waals surface area contributed by atoms with Crippen LogP contribution in [-0.2, 0) is 16.1 Å². The number of carbonyl (C=O) groups is 2. The Balaban J connectivity index is 1.52. The number of fused-ring (bicyclic) bond motifs is 1. The molecule has 0 aliphatic heterocycles. The quantitative estimate of drug-likeness (QED) is 0.107. The predicted molar refractivity (Wildman–Crippen MR) is 164 cm³/mol. The third-order valence-corrected chi connectivity index (χ3v) is 6.62. The van der Waals surface area contributed by atoms with E-state index in [9.17, 15) is 14.0 Å². The summed E-state index contributed by atoms with van der Waals surface area (Å²) in [6.07, 6.45) is 3.07. The summed E-state index contributed by atoms with van der Waals surface area (Å²) in [5.74, 6) is -0.842. The number of benzene rings is 3. The smallest absolute Gasteiger partial charge is 0.411 e. The zero-order valence-corrected chi connectivity index (χ0v) is 24.4. The zero-order valence-electron chi connectivity index (χ0n) is 24.4. The molecule has 0 unspecified atom stereocenters. The number of esters is 1. The van der Waals surface area contributed by atoms with Gasteiger partial charge >= 0.3 is 12.1 Å². The number of ether oxygens (including phenoxy) is 3. The second kappa shape index (κ2) is 17.8. The maximum Gasteiger partial charge on any atom is 0.411 e. The maximum absolute atomic E-state index is 14.8. The second-order valence-electron chi connectivity index (χ2n) is 9.71. The van der Waals surface area contributed by atoms with Crippen LogP contribution in [-0.4, -0.2) is 65.6 Å². The standard InChI is InChI=1S/C31H42FN5O5/c1-40-29-18-23-10-4-3-9-22(23)17-24(29)21-42-31(39)37-27-20-28(26(32)19-25(27)30(38)41-2)36-16-8-15-35-13-6-5-12-34-14-7-11-33/h3-4,9-10,17-20,34-36H,5-8,11-16,21,33H2,1-2H3,(H,37,39). The highest BCUT2D eigenvalue weighted by molar-refractivity contribution is 6.00. The molecule has 0 heterocycles. The molecule has 0 radical (unpaired) electrons. The van der Waals surface area contributed by atoms with Gasteiger partial charge in [-0.2, -0.15) is 0 Å². The Hall–Kier alpha value is -3.93. The third-order valence-electron chi connectivity index (χ3n) is 6.62. The lowest BCUT2D eigenvalue weighted by Crippen LogP contribution is -2.22. The number of hydrogen-bond acceptors (Lipinski definition) is 9. The molecule has 0 aliphatic carbocycles. The van der Waals surface area contributed by atoms with Gasteiger partial charge in [0, 0.05) is 12.1 Å². The lowest BCUT2D eigenvalue weighted by Gasteiger charge is -2.15. The van der Waals surface area contributed by atoms with Crippen LogP contribution < -0.4 is 31.7 Å². The van der Waals surface area contributed by atoms with Crippen molar-refractivity contribution in [2.45, 2.75) is 32.3 Å². The van der Waals surface area contributed by atoms with Crippen molar-refractivity contribution < 1.29 is 28.2 Å². The minimum atomic E-state index is -0.813. The molecule has 1 amide bonds. The van der Waals surface area contributed by atoms with Crippen molar-refractivity contribution >= 4 is 34.2 Å². The molecule has 0 saturated heterocycles. The number of unbranched alkanes of at least 4 members (excludes halogenated alkanes) is 1. The van der Waals surface area contributed by atoms with Gasteiger partial charge in [-0.1, -0.05) is 24.3 Å². The normalized spacial score (nSPS) is 10.9. The minimum absolute atomic E-state index is 0.0689. The van der Waals surface area contributed by atoms with E-state index >= 15 is 0 Å². The minimum Gasteiger partial charge on any atom is -0.496 e. The van der Waals surface area contributed by atoms with E-state index in [1.807, 2.05) is 36.4 Å². The third kappa shape index (κ3) is 10.2. The molecule has 11 heteroatoms. The van der Waals surface area contributed by atoms with Gasteiger partial charge in [0.1, 0.15) is 18.2 Å². The van der Waals surface area contributed by atoms with Crippen LogP contribution in [0.3, 0.4) is 0 Å². The molecule has 3 aromatic carbocycles. The van der Waals surface area contributed by atoms with Gasteiger partial charge in [-0.25, -0.2) is 14.0 Å². The summed E-state index contributed by atoms with van der Waals surface area (Å²) in [7, 11) is 2.73. The molecular weight excluding hydrogens is 541 g/mol. The van der Waals surface area contributed by atoms with Crippen molar-refractivity contribution in [3.8, 4) is 5.75 Å². The van der Waals surface area contributed by atoms with Gasteiger partial charge in [-0.05, 0) is 93.4 Å².